The maximum atomic E-state index is 14.8. The normalized spacial score (nSPS) is 13.8. The number of para-hydroxylation sites is 1. The highest BCUT2D eigenvalue weighted by atomic mass is 32.2. The maximum absolute atomic E-state index is 14.8. The number of rotatable bonds is 8. The van der Waals surface area contributed by atoms with Gasteiger partial charge in [0.05, 0.1) is 27.5 Å². The van der Waals surface area contributed by atoms with Gasteiger partial charge in [0.1, 0.15) is 11.5 Å². The van der Waals surface area contributed by atoms with Crippen LogP contribution in [0.25, 0.3) is 22.2 Å². The molecule has 0 aliphatic heterocycles. The molecule has 2 aromatic heterocycles. The lowest BCUT2D eigenvalue weighted by Crippen LogP contribution is -2.37. The Labute approximate surface area is 200 Å². The van der Waals surface area contributed by atoms with Gasteiger partial charge in [-0.25, -0.2) is 13.3 Å². The molecule has 178 valence electrons. The van der Waals surface area contributed by atoms with Crippen molar-refractivity contribution < 1.29 is 18.2 Å². The highest BCUT2D eigenvalue weighted by Crippen LogP contribution is 2.34. The Morgan fingerprint density at radius 2 is 1.82 bits per heavy atom. The van der Waals surface area contributed by atoms with E-state index in [1.165, 1.54) is 6.07 Å². The van der Waals surface area contributed by atoms with E-state index < -0.39 is 27.6 Å². The zero-order chi connectivity index (χ0) is 24.3. The van der Waals surface area contributed by atoms with Gasteiger partial charge in [0, 0.05) is 36.1 Å². The minimum absolute atomic E-state index is 0.0736. The van der Waals surface area contributed by atoms with E-state index in [1.807, 2.05) is 69.3 Å². The number of aromatic nitrogens is 2. The zero-order valence-corrected chi connectivity index (χ0v) is 20.2. The molecule has 0 unspecified atom stereocenters. The van der Waals surface area contributed by atoms with Crippen LogP contribution < -0.4 is 4.72 Å². The third-order valence-corrected chi connectivity index (χ3v) is 7.13. The third-order valence-electron chi connectivity index (χ3n) is 5.52. The number of hydrogen-bond acceptors (Lipinski definition) is 5. The Hall–Kier alpha value is -2.94. The van der Waals surface area contributed by atoms with Crippen molar-refractivity contribution in [3.8, 4) is 11.3 Å². The van der Waals surface area contributed by atoms with E-state index in [0.29, 0.717) is 23.4 Å². The van der Waals surface area contributed by atoms with Gasteiger partial charge < -0.3 is 9.63 Å². The van der Waals surface area contributed by atoms with Gasteiger partial charge in [-0.05, 0) is 50.6 Å². The molecule has 2 heterocycles. The molecule has 6 nitrogen and oxygen atoms in total. The van der Waals surface area contributed by atoms with E-state index in [2.05, 4.69) is 14.9 Å². The Bertz CT molecular complexity index is 1320. The highest BCUT2D eigenvalue weighted by molar-refractivity contribution is 7.84. The standard InChI is InChI=1S/C26H28FN3O3S/c1-26(2,3)34(32)30-22(16-23-21(27)13-12-17(28-23)14-15-31)18-8-4-5-9-19(18)25-20-10-6-7-11-24(20)33-29-25/h4-13,22,30-31H,14-16H2,1-3H3/t22-,34-/m0/s1. The monoisotopic (exact) mass is 481 g/mol. The number of pyridine rings is 1. The topological polar surface area (TPSA) is 88.2 Å². The van der Waals surface area contributed by atoms with E-state index in [4.69, 9.17) is 4.52 Å². The van der Waals surface area contributed by atoms with Gasteiger partial charge in [0.25, 0.3) is 0 Å². The first-order chi connectivity index (χ1) is 16.3. The largest absolute Gasteiger partial charge is 0.396 e. The average molecular weight is 482 g/mol. The van der Waals surface area contributed by atoms with Gasteiger partial charge in [-0.15, -0.1) is 0 Å². The van der Waals surface area contributed by atoms with Crippen LogP contribution in [-0.2, 0) is 23.8 Å². The number of fused-ring (bicyclic) bond motifs is 1. The van der Waals surface area contributed by atoms with Crippen molar-refractivity contribution in [2.75, 3.05) is 6.61 Å². The minimum Gasteiger partial charge on any atom is -0.396 e. The summed E-state index contributed by atoms with van der Waals surface area (Å²) in [6, 6.07) is 17.7. The van der Waals surface area contributed by atoms with Crippen molar-refractivity contribution >= 4 is 22.0 Å². The fraction of sp³-hybridized carbons (Fsp3) is 0.308. The second-order valence-corrected chi connectivity index (χ2v) is 11.1. The Morgan fingerprint density at radius 1 is 1.09 bits per heavy atom. The molecule has 0 fully saturated rings. The van der Waals surface area contributed by atoms with E-state index in [9.17, 15) is 13.7 Å². The molecule has 0 amide bonds. The molecule has 0 saturated heterocycles. The summed E-state index contributed by atoms with van der Waals surface area (Å²) in [5.41, 5.74) is 3.80. The van der Waals surface area contributed by atoms with Gasteiger partial charge >= 0.3 is 0 Å². The lowest BCUT2D eigenvalue weighted by molar-refractivity contribution is 0.298. The van der Waals surface area contributed by atoms with Crippen molar-refractivity contribution in [3.63, 3.8) is 0 Å². The second kappa shape index (κ2) is 10.1. The summed E-state index contributed by atoms with van der Waals surface area (Å²) >= 11 is 0. The molecular formula is C26H28FN3O3S. The van der Waals surface area contributed by atoms with E-state index in [-0.39, 0.29) is 18.7 Å². The van der Waals surface area contributed by atoms with Crippen LogP contribution in [0.15, 0.2) is 65.2 Å². The summed E-state index contributed by atoms with van der Waals surface area (Å²) in [6.07, 6.45) is 0.501. The van der Waals surface area contributed by atoms with Crippen LogP contribution >= 0.6 is 0 Å². The van der Waals surface area contributed by atoms with E-state index in [0.717, 1.165) is 16.5 Å². The van der Waals surface area contributed by atoms with Crippen LogP contribution in [0.1, 0.15) is 43.8 Å². The molecule has 4 aromatic rings. The molecule has 2 aromatic carbocycles. The molecule has 4 rings (SSSR count). The van der Waals surface area contributed by atoms with Crippen LogP contribution in [0, 0.1) is 5.82 Å². The zero-order valence-electron chi connectivity index (χ0n) is 19.4. The number of aliphatic hydroxyl groups is 1. The SMILES string of the molecule is CC(C)(C)[S@](=O)N[C@@H](Cc1nc(CCO)ccc1F)c1ccccc1-c1noc2ccccc12. The van der Waals surface area contributed by atoms with Gasteiger partial charge in [-0.1, -0.05) is 41.6 Å². The summed E-state index contributed by atoms with van der Waals surface area (Å²) in [5, 5.41) is 14.4. The lowest BCUT2D eigenvalue weighted by Gasteiger charge is -2.26. The van der Waals surface area contributed by atoms with E-state index >= 15 is 0 Å². The summed E-state index contributed by atoms with van der Waals surface area (Å²) < 4.78 is 36.1. The number of nitrogens with zero attached hydrogens (tertiary/aromatic N) is 2. The fourth-order valence-electron chi connectivity index (χ4n) is 3.74. The quantitative estimate of drug-likeness (QED) is 0.374. The first kappa shape index (κ1) is 24.2. The second-order valence-electron chi connectivity index (χ2n) is 9.07. The van der Waals surface area contributed by atoms with Crippen molar-refractivity contribution in [1.29, 1.82) is 0 Å². The first-order valence-corrected chi connectivity index (χ1v) is 12.3. The Kier molecular flexibility index (Phi) is 7.21. The van der Waals surface area contributed by atoms with Crippen LogP contribution in [-0.4, -0.2) is 30.8 Å². The van der Waals surface area contributed by atoms with Crippen LogP contribution in [0.2, 0.25) is 0 Å². The first-order valence-electron chi connectivity index (χ1n) is 11.1. The van der Waals surface area contributed by atoms with Gasteiger partial charge in [-0.2, -0.15) is 0 Å². The van der Waals surface area contributed by atoms with Crippen molar-refractivity contribution in [2.24, 2.45) is 0 Å². The summed E-state index contributed by atoms with van der Waals surface area (Å²) in [4.78, 5) is 4.43. The predicted octanol–water partition coefficient (Wildman–Crippen LogP) is 4.90. The molecule has 2 atom stereocenters. The Balaban J connectivity index is 1.81. The molecule has 34 heavy (non-hydrogen) atoms. The van der Waals surface area contributed by atoms with Crippen LogP contribution in [0.5, 0.6) is 0 Å². The minimum atomic E-state index is -1.42. The molecule has 0 radical (unpaired) electrons. The molecule has 0 aliphatic carbocycles. The van der Waals surface area contributed by atoms with Crippen molar-refractivity contribution in [3.05, 3.63) is 83.4 Å². The summed E-state index contributed by atoms with van der Waals surface area (Å²) in [5.74, 6) is -0.445. The molecule has 0 spiro atoms. The molecular weight excluding hydrogens is 453 g/mol. The van der Waals surface area contributed by atoms with Crippen LogP contribution in [0.3, 0.4) is 0 Å². The summed E-state index contributed by atoms with van der Waals surface area (Å²) in [7, 11) is -1.42. The van der Waals surface area contributed by atoms with Crippen molar-refractivity contribution in [2.45, 2.75) is 44.4 Å². The van der Waals surface area contributed by atoms with E-state index in [1.54, 1.807) is 6.07 Å². The number of benzene rings is 2. The third kappa shape index (κ3) is 5.24. The molecule has 0 aliphatic rings. The van der Waals surface area contributed by atoms with Crippen molar-refractivity contribution in [1.82, 2.24) is 14.9 Å². The van der Waals surface area contributed by atoms with Gasteiger partial charge in [0.15, 0.2) is 5.58 Å². The van der Waals surface area contributed by atoms with Gasteiger partial charge in [0.2, 0.25) is 0 Å². The highest BCUT2D eigenvalue weighted by Gasteiger charge is 2.27. The summed E-state index contributed by atoms with van der Waals surface area (Å²) in [6.45, 7) is 5.57. The fourth-order valence-corrected chi connectivity index (χ4v) is 4.56. The Morgan fingerprint density at radius 3 is 2.59 bits per heavy atom. The molecule has 2 N–H and O–H groups in total. The lowest BCUT2D eigenvalue weighted by atomic mass is 9.94. The smallest absolute Gasteiger partial charge is 0.167 e. The maximum Gasteiger partial charge on any atom is 0.167 e. The van der Waals surface area contributed by atoms with Crippen LogP contribution in [0.4, 0.5) is 4.39 Å². The number of halogens is 1. The number of nitrogens with one attached hydrogen (secondary N) is 1. The molecule has 8 heteroatoms. The number of hydrogen-bond donors (Lipinski definition) is 2. The molecule has 0 bridgehead atoms. The molecule has 0 saturated carbocycles. The average Bonchev–Trinajstić information content (AvgIpc) is 3.24. The van der Waals surface area contributed by atoms with Gasteiger partial charge in [-0.3, -0.25) is 4.98 Å². The predicted molar refractivity (Wildman–Crippen MR) is 132 cm³/mol. The number of aliphatic hydroxyl groups excluding tert-OH is 1.